The normalized spacial score (nSPS) is 12.3. The van der Waals surface area contributed by atoms with Crippen molar-refractivity contribution in [2.45, 2.75) is 18.2 Å². The Kier molecular flexibility index (Phi) is 6.26. The first-order valence-electron chi connectivity index (χ1n) is 6.49. The minimum Gasteiger partial charge on any atom is -0.398 e. The Hall–Kier alpha value is -0.820. The molecule has 20 heavy (non-hydrogen) atoms. The molecule has 2 N–H and O–H groups in total. The molecule has 114 valence electrons. The van der Waals surface area contributed by atoms with Crippen molar-refractivity contribution < 1.29 is 8.42 Å². The fourth-order valence-corrected chi connectivity index (χ4v) is 4.00. The second-order valence-corrected chi connectivity index (χ2v) is 7.15. The van der Waals surface area contributed by atoms with Crippen molar-refractivity contribution in [3.63, 3.8) is 0 Å². The van der Waals surface area contributed by atoms with Gasteiger partial charge < -0.3 is 10.6 Å². The quantitative estimate of drug-likeness (QED) is 0.779. The van der Waals surface area contributed by atoms with Crippen LogP contribution < -0.4 is 5.73 Å². The summed E-state index contributed by atoms with van der Waals surface area (Å²) in [5.41, 5.74) is 5.98. The highest BCUT2D eigenvalue weighted by molar-refractivity contribution is 7.89. The number of nitrogens with two attached hydrogens (primary N) is 1. The summed E-state index contributed by atoms with van der Waals surface area (Å²) in [7, 11) is 0.136. The molecule has 1 aromatic rings. The Morgan fingerprint density at radius 3 is 2.35 bits per heavy atom. The average molecular weight is 320 g/mol. The molecule has 0 unspecified atom stereocenters. The Morgan fingerprint density at radius 1 is 1.20 bits per heavy atom. The van der Waals surface area contributed by atoms with E-state index in [4.69, 9.17) is 17.3 Å². The van der Waals surface area contributed by atoms with Crippen molar-refractivity contribution in [1.29, 1.82) is 0 Å². The monoisotopic (exact) mass is 319 g/mol. The van der Waals surface area contributed by atoms with Crippen molar-refractivity contribution in [3.8, 4) is 0 Å². The lowest BCUT2D eigenvalue weighted by Crippen LogP contribution is -2.37. The predicted molar refractivity (Wildman–Crippen MR) is 83.5 cm³/mol. The highest BCUT2D eigenvalue weighted by atomic mass is 35.5. The number of likely N-dealkylation sites (N-methyl/N-ethyl adjacent to an activating group) is 1. The maximum Gasteiger partial charge on any atom is 0.246 e. The van der Waals surface area contributed by atoms with Crippen molar-refractivity contribution in [2.24, 2.45) is 0 Å². The maximum absolute atomic E-state index is 12.7. The van der Waals surface area contributed by atoms with E-state index in [0.717, 1.165) is 6.42 Å². The van der Waals surface area contributed by atoms with Crippen LogP contribution in [-0.2, 0) is 10.0 Å². The van der Waals surface area contributed by atoms with Crippen molar-refractivity contribution in [2.75, 3.05) is 39.5 Å². The number of nitrogen functional groups attached to an aromatic ring is 1. The maximum atomic E-state index is 12.7. The first-order chi connectivity index (χ1) is 9.30. The van der Waals surface area contributed by atoms with Crippen molar-refractivity contribution in [1.82, 2.24) is 9.21 Å². The van der Waals surface area contributed by atoms with Crippen LogP contribution in [0.4, 0.5) is 5.69 Å². The lowest BCUT2D eigenvalue weighted by atomic mass is 10.3. The summed E-state index contributed by atoms with van der Waals surface area (Å²) < 4.78 is 26.9. The fourth-order valence-electron chi connectivity index (χ4n) is 1.84. The zero-order valence-electron chi connectivity index (χ0n) is 12.1. The van der Waals surface area contributed by atoms with Gasteiger partial charge in [0.05, 0.1) is 10.7 Å². The summed E-state index contributed by atoms with van der Waals surface area (Å²) in [6, 6.07) is 4.73. The molecule has 1 aromatic carbocycles. The van der Waals surface area contributed by atoms with Crippen LogP contribution in [0.2, 0.25) is 5.02 Å². The van der Waals surface area contributed by atoms with E-state index in [0.29, 0.717) is 19.6 Å². The molecule has 0 bridgehead atoms. The Bertz CT molecular complexity index is 526. The van der Waals surface area contributed by atoms with E-state index in [1.807, 2.05) is 25.9 Å². The molecular weight excluding hydrogens is 298 g/mol. The lowest BCUT2D eigenvalue weighted by molar-refractivity contribution is 0.333. The van der Waals surface area contributed by atoms with Gasteiger partial charge in [-0.1, -0.05) is 24.6 Å². The molecule has 0 aromatic heterocycles. The molecule has 7 heteroatoms. The number of sulfonamides is 1. The average Bonchev–Trinajstić information content (AvgIpc) is 2.33. The van der Waals surface area contributed by atoms with Gasteiger partial charge in [-0.3, -0.25) is 0 Å². The third kappa shape index (κ3) is 4.09. The minimum absolute atomic E-state index is 0.00822. The van der Waals surface area contributed by atoms with E-state index in [2.05, 4.69) is 0 Å². The van der Waals surface area contributed by atoms with Crippen LogP contribution in [0.5, 0.6) is 0 Å². The summed E-state index contributed by atoms with van der Waals surface area (Å²) in [5.74, 6) is 0. The molecule has 0 saturated heterocycles. The van der Waals surface area contributed by atoms with E-state index < -0.39 is 10.0 Å². The molecule has 0 saturated carbocycles. The summed E-state index contributed by atoms with van der Waals surface area (Å²) in [5, 5.41) is 0.163. The van der Waals surface area contributed by atoms with E-state index >= 15 is 0 Å². The second-order valence-electron chi connectivity index (χ2n) is 4.87. The number of rotatable bonds is 7. The molecule has 0 aliphatic carbocycles. The number of nitrogens with zero attached hydrogens (tertiary/aromatic N) is 2. The molecule has 0 amide bonds. The molecule has 0 radical (unpaired) electrons. The summed E-state index contributed by atoms with van der Waals surface area (Å²) in [4.78, 5) is 1.95. The number of hydrogen-bond acceptors (Lipinski definition) is 4. The van der Waals surface area contributed by atoms with Gasteiger partial charge in [0.1, 0.15) is 4.90 Å². The lowest BCUT2D eigenvalue weighted by Gasteiger charge is -2.24. The van der Waals surface area contributed by atoms with Crippen molar-refractivity contribution in [3.05, 3.63) is 23.2 Å². The number of benzene rings is 1. The van der Waals surface area contributed by atoms with Gasteiger partial charge in [-0.15, -0.1) is 0 Å². The number of halogens is 1. The summed E-state index contributed by atoms with van der Waals surface area (Å²) in [6.07, 6.45) is 0.733. The standard InChI is InChI=1S/C13H22ClN3O2S/c1-4-8-17(10-9-16(2)3)20(18,19)13-11(14)6-5-7-12(13)15/h5-7H,4,8-10,15H2,1-3H3. The van der Waals surface area contributed by atoms with Gasteiger partial charge in [0.2, 0.25) is 10.0 Å². The van der Waals surface area contributed by atoms with Crippen LogP contribution in [0.15, 0.2) is 23.1 Å². The van der Waals surface area contributed by atoms with E-state index in [-0.39, 0.29) is 15.6 Å². The van der Waals surface area contributed by atoms with Gasteiger partial charge in [0, 0.05) is 19.6 Å². The van der Waals surface area contributed by atoms with Crippen molar-refractivity contribution >= 4 is 27.3 Å². The zero-order chi connectivity index (χ0) is 15.3. The molecule has 5 nitrogen and oxygen atoms in total. The summed E-state index contributed by atoms with van der Waals surface area (Å²) in [6.45, 7) is 3.44. The van der Waals surface area contributed by atoms with E-state index in [9.17, 15) is 8.42 Å². The molecular formula is C13H22ClN3O2S. The Morgan fingerprint density at radius 2 is 1.85 bits per heavy atom. The third-order valence-electron chi connectivity index (χ3n) is 2.86. The van der Waals surface area contributed by atoms with Crippen LogP contribution in [0, 0.1) is 0 Å². The highest BCUT2D eigenvalue weighted by Gasteiger charge is 2.28. The van der Waals surface area contributed by atoms with Crippen LogP contribution in [0.3, 0.4) is 0 Å². The molecule has 0 heterocycles. The Labute approximate surface area is 126 Å². The molecule has 0 fully saturated rings. The second kappa shape index (κ2) is 7.26. The molecule has 0 aliphatic heterocycles. The Balaban J connectivity index is 3.16. The van der Waals surface area contributed by atoms with E-state index in [1.165, 1.54) is 4.31 Å². The van der Waals surface area contributed by atoms with Crippen LogP contribution in [0.1, 0.15) is 13.3 Å². The SMILES string of the molecule is CCCN(CCN(C)C)S(=O)(=O)c1c(N)cccc1Cl. The predicted octanol–water partition coefficient (Wildman–Crippen LogP) is 1.88. The molecule has 0 atom stereocenters. The number of anilines is 1. The highest BCUT2D eigenvalue weighted by Crippen LogP contribution is 2.29. The zero-order valence-corrected chi connectivity index (χ0v) is 13.7. The van der Waals surface area contributed by atoms with Crippen LogP contribution in [-0.4, -0.2) is 51.4 Å². The summed E-state index contributed by atoms with van der Waals surface area (Å²) >= 11 is 6.02. The molecule has 1 rings (SSSR count). The largest absolute Gasteiger partial charge is 0.398 e. The van der Waals surface area contributed by atoms with E-state index in [1.54, 1.807) is 18.2 Å². The fraction of sp³-hybridized carbons (Fsp3) is 0.538. The smallest absolute Gasteiger partial charge is 0.246 e. The molecule has 0 spiro atoms. The van der Waals surface area contributed by atoms with Gasteiger partial charge in [-0.2, -0.15) is 4.31 Å². The van der Waals surface area contributed by atoms with Gasteiger partial charge in [-0.05, 0) is 32.6 Å². The minimum atomic E-state index is -3.67. The van der Waals surface area contributed by atoms with Gasteiger partial charge in [0.15, 0.2) is 0 Å². The number of hydrogen-bond donors (Lipinski definition) is 1. The third-order valence-corrected chi connectivity index (χ3v) is 5.31. The van der Waals surface area contributed by atoms with Crippen LogP contribution >= 0.6 is 11.6 Å². The van der Waals surface area contributed by atoms with Gasteiger partial charge in [0.25, 0.3) is 0 Å². The first-order valence-corrected chi connectivity index (χ1v) is 8.31. The molecule has 0 aliphatic rings. The van der Waals surface area contributed by atoms with Gasteiger partial charge >= 0.3 is 0 Å². The van der Waals surface area contributed by atoms with Gasteiger partial charge in [-0.25, -0.2) is 8.42 Å². The van der Waals surface area contributed by atoms with Crippen LogP contribution in [0.25, 0.3) is 0 Å². The topological polar surface area (TPSA) is 66.6 Å². The first kappa shape index (κ1) is 17.2.